The van der Waals surface area contributed by atoms with E-state index in [0.717, 1.165) is 36.0 Å². The zero-order chi connectivity index (χ0) is 15.8. The van der Waals surface area contributed by atoms with Gasteiger partial charge in [-0.2, -0.15) is 11.8 Å². The summed E-state index contributed by atoms with van der Waals surface area (Å²) < 4.78 is 5.68. The second-order valence-corrected chi connectivity index (χ2v) is 6.81. The lowest BCUT2D eigenvalue weighted by molar-refractivity contribution is -0.116. The van der Waals surface area contributed by atoms with E-state index in [9.17, 15) is 4.79 Å². The van der Waals surface area contributed by atoms with Crippen LogP contribution < -0.4 is 15.4 Å². The van der Waals surface area contributed by atoms with Gasteiger partial charge in [-0.25, -0.2) is 0 Å². The highest BCUT2D eigenvalue weighted by atomic mass is 32.2. The number of hydrogen-bond donors (Lipinski definition) is 2. The molecule has 22 heavy (non-hydrogen) atoms. The van der Waals surface area contributed by atoms with Gasteiger partial charge in [-0.15, -0.1) is 0 Å². The number of likely N-dealkylation sites (N-methyl/N-ethyl adjacent to an activating group) is 1. The van der Waals surface area contributed by atoms with Crippen LogP contribution >= 0.6 is 11.8 Å². The molecule has 0 aromatic heterocycles. The number of nitrogens with one attached hydrogen (secondary N) is 2. The summed E-state index contributed by atoms with van der Waals surface area (Å²) in [5, 5.41) is 6.32. The molecule has 1 aromatic rings. The largest absolute Gasteiger partial charge is 0.492 e. The zero-order valence-electron chi connectivity index (χ0n) is 13.3. The number of benzene rings is 1. The normalized spacial score (nSPS) is 18.2. The quantitative estimate of drug-likeness (QED) is 0.799. The van der Waals surface area contributed by atoms with Crippen molar-refractivity contribution in [1.29, 1.82) is 0 Å². The van der Waals surface area contributed by atoms with Gasteiger partial charge >= 0.3 is 0 Å². The number of hydrogen-bond acceptors (Lipinski definition) is 5. The number of carbonyl (C=O) groups excluding carboxylic acids is 1. The summed E-state index contributed by atoms with van der Waals surface area (Å²) in [7, 11) is 4.02. The van der Waals surface area contributed by atoms with Crippen molar-refractivity contribution in [3.63, 3.8) is 0 Å². The Morgan fingerprint density at radius 3 is 3.09 bits per heavy atom. The van der Waals surface area contributed by atoms with E-state index in [1.165, 1.54) is 0 Å². The lowest BCUT2D eigenvalue weighted by atomic mass is 10.2. The van der Waals surface area contributed by atoms with E-state index in [4.69, 9.17) is 4.74 Å². The third-order valence-corrected chi connectivity index (χ3v) is 4.49. The van der Waals surface area contributed by atoms with E-state index < -0.39 is 0 Å². The summed E-state index contributed by atoms with van der Waals surface area (Å²) >= 11 is 1.90. The number of amides is 1. The number of nitrogens with zero attached hydrogens (tertiary/aromatic N) is 1. The van der Waals surface area contributed by atoms with Crippen LogP contribution in [-0.2, 0) is 4.79 Å². The van der Waals surface area contributed by atoms with Gasteiger partial charge in [-0.1, -0.05) is 6.07 Å². The molecule has 0 radical (unpaired) electrons. The number of thioether (sulfide) groups is 1. The molecule has 1 atom stereocenters. The van der Waals surface area contributed by atoms with Crippen LogP contribution in [0.2, 0.25) is 0 Å². The summed E-state index contributed by atoms with van der Waals surface area (Å²) in [5.74, 6) is 2.96. The van der Waals surface area contributed by atoms with Gasteiger partial charge in [0.2, 0.25) is 5.91 Å². The Kier molecular flexibility index (Phi) is 7.02. The van der Waals surface area contributed by atoms with Crippen LogP contribution in [0.25, 0.3) is 0 Å². The Bertz CT molecular complexity index is 476. The lowest BCUT2D eigenvalue weighted by Crippen LogP contribution is -2.39. The highest BCUT2D eigenvalue weighted by Gasteiger charge is 2.16. The van der Waals surface area contributed by atoms with Crippen molar-refractivity contribution in [2.75, 3.05) is 50.6 Å². The van der Waals surface area contributed by atoms with Crippen LogP contribution in [-0.4, -0.2) is 62.1 Å². The minimum absolute atomic E-state index is 0.0467. The fourth-order valence-electron chi connectivity index (χ4n) is 2.20. The molecule has 0 spiro atoms. The molecule has 1 heterocycles. The van der Waals surface area contributed by atoms with Crippen molar-refractivity contribution < 1.29 is 9.53 Å². The van der Waals surface area contributed by atoms with E-state index in [2.05, 4.69) is 15.5 Å². The molecule has 2 rings (SSSR count). The SMILES string of the molecule is CN(C)CCOc1cccc(NC(=O)CC2CSCCN2)c1. The van der Waals surface area contributed by atoms with Gasteiger partial charge in [0.1, 0.15) is 12.4 Å². The molecule has 0 saturated carbocycles. The number of ether oxygens (including phenoxy) is 1. The van der Waals surface area contributed by atoms with Gasteiger partial charge in [0.15, 0.2) is 0 Å². The molecule has 2 N–H and O–H groups in total. The summed E-state index contributed by atoms with van der Waals surface area (Å²) in [6.45, 7) is 2.48. The molecule has 1 amide bonds. The third kappa shape index (κ3) is 6.25. The summed E-state index contributed by atoms with van der Waals surface area (Å²) in [6, 6.07) is 7.84. The predicted octanol–water partition coefficient (Wildman–Crippen LogP) is 1.66. The van der Waals surface area contributed by atoms with Gasteiger partial charge in [-0.05, 0) is 26.2 Å². The molecule has 1 fully saturated rings. The lowest BCUT2D eigenvalue weighted by Gasteiger charge is -2.22. The van der Waals surface area contributed by atoms with Crippen LogP contribution in [0.1, 0.15) is 6.42 Å². The van der Waals surface area contributed by atoms with E-state index >= 15 is 0 Å². The van der Waals surface area contributed by atoms with Crippen LogP contribution in [0.15, 0.2) is 24.3 Å². The van der Waals surface area contributed by atoms with E-state index in [1.807, 2.05) is 50.1 Å². The standard InChI is InChI=1S/C16H25N3O2S/c1-19(2)7-8-21-15-5-3-4-13(10-15)18-16(20)11-14-12-22-9-6-17-14/h3-5,10,14,17H,6-9,11-12H2,1-2H3,(H,18,20). The molecule has 1 saturated heterocycles. The molecular formula is C16H25N3O2S. The van der Waals surface area contributed by atoms with E-state index in [1.54, 1.807) is 0 Å². The Morgan fingerprint density at radius 2 is 2.36 bits per heavy atom. The molecule has 0 aliphatic carbocycles. The van der Waals surface area contributed by atoms with Crippen LogP contribution in [0.4, 0.5) is 5.69 Å². The Labute approximate surface area is 136 Å². The fraction of sp³-hybridized carbons (Fsp3) is 0.562. The third-order valence-electron chi connectivity index (χ3n) is 3.36. The molecule has 1 aliphatic heterocycles. The maximum Gasteiger partial charge on any atom is 0.225 e. The van der Waals surface area contributed by atoms with Crippen LogP contribution in [0, 0.1) is 0 Å². The molecule has 0 bridgehead atoms. The maximum absolute atomic E-state index is 12.1. The maximum atomic E-state index is 12.1. The first kappa shape index (κ1) is 17.1. The summed E-state index contributed by atoms with van der Waals surface area (Å²) in [5.41, 5.74) is 0.788. The summed E-state index contributed by atoms with van der Waals surface area (Å²) in [4.78, 5) is 14.2. The fourth-order valence-corrected chi connectivity index (χ4v) is 3.15. The first-order chi connectivity index (χ1) is 10.6. The van der Waals surface area contributed by atoms with Gasteiger partial charge in [0.05, 0.1) is 0 Å². The Hall–Kier alpha value is -1.24. The molecule has 122 valence electrons. The Balaban J connectivity index is 1.80. The average Bonchev–Trinajstić information content (AvgIpc) is 2.48. The van der Waals surface area contributed by atoms with E-state index in [-0.39, 0.29) is 11.9 Å². The molecule has 6 heteroatoms. The second kappa shape index (κ2) is 9.02. The minimum atomic E-state index is 0.0467. The highest BCUT2D eigenvalue weighted by molar-refractivity contribution is 7.99. The van der Waals surface area contributed by atoms with Gasteiger partial charge in [0.25, 0.3) is 0 Å². The monoisotopic (exact) mass is 323 g/mol. The second-order valence-electron chi connectivity index (χ2n) is 5.66. The van der Waals surface area contributed by atoms with Gasteiger partial charge in [-0.3, -0.25) is 4.79 Å². The smallest absolute Gasteiger partial charge is 0.225 e. The molecule has 1 aliphatic rings. The number of rotatable bonds is 7. The first-order valence-corrected chi connectivity index (χ1v) is 8.77. The molecule has 1 unspecified atom stereocenters. The Morgan fingerprint density at radius 1 is 1.50 bits per heavy atom. The minimum Gasteiger partial charge on any atom is -0.492 e. The summed E-state index contributed by atoms with van der Waals surface area (Å²) in [6.07, 6.45) is 0.513. The van der Waals surface area contributed by atoms with Crippen molar-refractivity contribution in [2.24, 2.45) is 0 Å². The van der Waals surface area contributed by atoms with Crippen molar-refractivity contribution in [1.82, 2.24) is 10.2 Å². The molecular weight excluding hydrogens is 298 g/mol. The van der Waals surface area contributed by atoms with Crippen molar-refractivity contribution in [3.05, 3.63) is 24.3 Å². The van der Waals surface area contributed by atoms with Crippen molar-refractivity contribution in [2.45, 2.75) is 12.5 Å². The molecule has 1 aromatic carbocycles. The van der Waals surface area contributed by atoms with Gasteiger partial charge in [0, 0.05) is 48.8 Å². The number of carbonyl (C=O) groups is 1. The van der Waals surface area contributed by atoms with Crippen molar-refractivity contribution >= 4 is 23.4 Å². The zero-order valence-corrected chi connectivity index (χ0v) is 14.1. The van der Waals surface area contributed by atoms with Crippen LogP contribution in [0.5, 0.6) is 5.75 Å². The highest BCUT2D eigenvalue weighted by Crippen LogP contribution is 2.18. The van der Waals surface area contributed by atoms with Crippen LogP contribution in [0.3, 0.4) is 0 Å². The predicted molar refractivity (Wildman–Crippen MR) is 92.9 cm³/mol. The molecule has 5 nitrogen and oxygen atoms in total. The topological polar surface area (TPSA) is 53.6 Å². The average molecular weight is 323 g/mol. The van der Waals surface area contributed by atoms with Gasteiger partial charge < -0.3 is 20.3 Å². The van der Waals surface area contributed by atoms with Crippen molar-refractivity contribution in [3.8, 4) is 5.75 Å². The first-order valence-electron chi connectivity index (χ1n) is 7.62. The van der Waals surface area contributed by atoms with E-state index in [0.29, 0.717) is 13.0 Å². The number of anilines is 1.